The predicted molar refractivity (Wildman–Crippen MR) is 120 cm³/mol. The fraction of sp³-hybridized carbons (Fsp3) is 0.304. The number of ether oxygens (including phenoxy) is 1. The van der Waals surface area contributed by atoms with Gasteiger partial charge >= 0.3 is 12.3 Å². The summed E-state index contributed by atoms with van der Waals surface area (Å²) in [5, 5.41) is 19.3. The molecule has 1 fully saturated rings. The number of hydrogen-bond acceptors (Lipinski definition) is 6. The highest BCUT2D eigenvalue weighted by Crippen LogP contribution is 2.40. The highest BCUT2D eigenvalue weighted by Gasteiger charge is 2.49. The summed E-state index contributed by atoms with van der Waals surface area (Å²) < 4.78 is 77.3. The highest BCUT2D eigenvalue weighted by molar-refractivity contribution is 5.82. The van der Waals surface area contributed by atoms with Gasteiger partial charge in [-0.25, -0.2) is 18.6 Å². The van der Waals surface area contributed by atoms with Crippen LogP contribution in [0.25, 0.3) is 28.1 Å². The first kappa shape index (κ1) is 24.6. The monoisotopic (exact) mass is 522 g/mol. The van der Waals surface area contributed by atoms with Crippen molar-refractivity contribution >= 4 is 22.6 Å². The fourth-order valence-electron chi connectivity index (χ4n) is 4.55. The zero-order chi connectivity index (χ0) is 26.5. The quantitative estimate of drug-likeness (QED) is 0.382. The molecule has 14 heteroatoms. The van der Waals surface area contributed by atoms with Crippen LogP contribution in [0.5, 0.6) is 5.75 Å². The second-order valence-corrected chi connectivity index (χ2v) is 8.56. The standard InChI is InChI=1S/C23H19F5N6O3/c1-37-18-7-16-11(6-13(18)24)2-4-15(29-16)21-32-31-19-5-3-12(8-34(19)21)20(23(26,27)28)33-9-14(25)17(10-33)30-22(35)36/h2-8,14,17,20,30H,9-10H2,1H3,(H,35,36)/t14?,17-,20-/m1/s1. The zero-order valence-electron chi connectivity index (χ0n) is 19.1. The Morgan fingerprint density at radius 2 is 1.97 bits per heavy atom. The second-order valence-electron chi connectivity index (χ2n) is 8.56. The van der Waals surface area contributed by atoms with Gasteiger partial charge in [0.1, 0.15) is 17.9 Å². The van der Waals surface area contributed by atoms with Crippen LogP contribution in [0.15, 0.2) is 42.6 Å². The zero-order valence-corrected chi connectivity index (χ0v) is 19.1. The molecule has 5 rings (SSSR count). The van der Waals surface area contributed by atoms with Crippen molar-refractivity contribution in [3.8, 4) is 17.3 Å². The molecule has 0 aliphatic carbocycles. The summed E-state index contributed by atoms with van der Waals surface area (Å²) in [5.74, 6) is -0.456. The Morgan fingerprint density at radius 1 is 1.19 bits per heavy atom. The number of amides is 1. The number of rotatable bonds is 5. The lowest BCUT2D eigenvalue weighted by molar-refractivity contribution is -0.184. The van der Waals surface area contributed by atoms with E-state index in [1.165, 1.54) is 48.0 Å². The number of carbonyl (C=O) groups is 1. The molecule has 0 bridgehead atoms. The number of nitrogens with zero attached hydrogens (tertiary/aromatic N) is 5. The van der Waals surface area contributed by atoms with E-state index in [1.807, 2.05) is 5.32 Å². The number of aromatic nitrogens is 4. The molecule has 1 saturated heterocycles. The summed E-state index contributed by atoms with van der Waals surface area (Å²) in [6.07, 6.45) is -6.91. The Morgan fingerprint density at radius 3 is 2.68 bits per heavy atom. The number of carboxylic acid groups (broad SMARTS) is 1. The number of pyridine rings is 2. The van der Waals surface area contributed by atoms with E-state index in [1.54, 1.807) is 6.07 Å². The van der Waals surface area contributed by atoms with Crippen LogP contribution in [-0.4, -0.2) is 74.3 Å². The van der Waals surface area contributed by atoms with Gasteiger partial charge < -0.3 is 15.2 Å². The Kier molecular flexibility index (Phi) is 6.06. The number of fused-ring (bicyclic) bond motifs is 2. The molecule has 0 saturated carbocycles. The smallest absolute Gasteiger partial charge is 0.408 e. The summed E-state index contributed by atoms with van der Waals surface area (Å²) in [5.41, 5.74) is 0.673. The number of likely N-dealkylation sites (tertiary alicyclic amines) is 1. The third-order valence-corrected chi connectivity index (χ3v) is 6.19. The molecule has 3 atom stereocenters. The molecule has 4 heterocycles. The third-order valence-electron chi connectivity index (χ3n) is 6.19. The molecule has 194 valence electrons. The molecule has 1 unspecified atom stereocenters. The number of nitrogens with one attached hydrogen (secondary N) is 1. The van der Waals surface area contributed by atoms with E-state index in [9.17, 15) is 26.7 Å². The molecule has 37 heavy (non-hydrogen) atoms. The highest BCUT2D eigenvalue weighted by atomic mass is 19.4. The van der Waals surface area contributed by atoms with Crippen LogP contribution in [0.4, 0.5) is 26.7 Å². The molecular formula is C23H19F5N6O3. The lowest BCUT2D eigenvalue weighted by Gasteiger charge is -2.30. The van der Waals surface area contributed by atoms with Gasteiger partial charge in [-0.15, -0.1) is 10.2 Å². The number of hydrogen-bond donors (Lipinski definition) is 2. The number of methoxy groups -OCH3 is 1. The number of alkyl halides is 4. The van der Waals surface area contributed by atoms with Gasteiger partial charge in [0.05, 0.1) is 18.7 Å². The fourth-order valence-corrected chi connectivity index (χ4v) is 4.55. The van der Waals surface area contributed by atoms with Crippen molar-refractivity contribution in [2.45, 2.75) is 24.4 Å². The van der Waals surface area contributed by atoms with E-state index in [4.69, 9.17) is 9.84 Å². The molecule has 0 radical (unpaired) electrons. The second kappa shape index (κ2) is 9.10. The third kappa shape index (κ3) is 4.59. The molecule has 4 aromatic rings. The van der Waals surface area contributed by atoms with Gasteiger partial charge in [-0.1, -0.05) is 12.1 Å². The van der Waals surface area contributed by atoms with Gasteiger partial charge in [-0.3, -0.25) is 9.30 Å². The van der Waals surface area contributed by atoms with E-state index < -0.39 is 49.4 Å². The molecule has 1 amide bonds. The van der Waals surface area contributed by atoms with Crippen molar-refractivity contribution in [3.05, 3.63) is 54.0 Å². The average molecular weight is 522 g/mol. The van der Waals surface area contributed by atoms with Crippen molar-refractivity contribution in [1.82, 2.24) is 29.8 Å². The molecule has 1 aromatic carbocycles. The van der Waals surface area contributed by atoms with E-state index in [2.05, 4.69) is 15.2 Å². The van der Waals surface area contributed by atoms with Gasteiger partial charge in [0.25, 0.3) is 0 Å². The van der Waals surface area contributed by atoms with Gasteiger partial charge in [0, 0.05) is 30.7 Å². The summed E-state index contributed by atoms with van der Waals surface area (Å²) >= 11 is 0. The van der Waals surface area contributed by atoms with Crippen molar-refractivity contribution in [1.29, 1.82) is 0 Å². The minimum atomic E-state index is -4.79. The first-order chi connectivity index (χ1) is 17.5. The van der Waals surface area contributed by atoms with E-state index in [-0.39, 0.29) is 28.5 Å². The van der Waals surface area contributed by atoms with Crippen LogP contribution < -0.4 is 10.1 Å². The molecule has 1 aliphatic rings. The number of benzene rings is 1. The maximum absolute atomic E-state index is 14.4. The SMILES string of the molecule is COc1cc2nc(-c3nnc4ccc([C@@H](N5CC(F)[C@H](NC(=O)O)C5)C(F)(F)F)cn34)ccc2cc1F. The Hall–Kier alpha value is -4.07. The van der Waals surface area contributed by atoms with Crippen LogP contribution in [0.1, 0.15) is 11.6 Å². The van der Waals surface area contributed by atoms with E-state index in [0.717, 1.165) is 4.90 Å². The Balaban J connectivity index is 1.55. The van der Waals surface area contributed by atoms with Crippen molar-refractivity contribution < 1.29 is 36.6 Å². The summed E-state index contributed by atoms with van der Waals surface area (Å²) in [7, 11) is 1.31. The van der Waals surface area contributed by atoms with Crippen LogP contribution in [0.3, 0.4) is 0 Å². The van der Waals surface area contributed by atoms with E-state index >= 15 is 0 Å². The van der Waals surface area contributed by atoms with Gasteiger partial charge in [-0.05, 0) is 23.8 Å². The normalized spacial score (nSPS) is 19.4. The van der Waals surface area contributed by atoms with Gasteiger partial charge in [0.2, 0.25) is 0 Å². The minimum absolute atomic E-state index is 0.0222. The van der Waals surface area contributed by atoms with Crippen molar-refractivity contribution in [2.24, 2.45) is 0 Å². The maximum atomic E-state index is 14.4. The summed E-state index contributed by atoms with van der Waals surface area (Å²) in [6.45, 7) is -1.07. The molecule has 2 N–H and O–H groups in total. The topological polar surface area (TPSA) is 105 Å². The predicted octanol–water partition coefficient (Wildman–Crippen LogP) is 3.99. The lowest BCUT2D eigenvalue weighted by Crippen LogP contribution is -2.42. The largest absolute Gasteiger partial charge is 0.494 e. The minimum Gasteiger partial charge on any atom is -0.494 e. The first-order valence-corrected chi connectivity index (χ1v) is 11.0. The van der Waals surface area contributed by atoms with E-state index in [0.29, 0.717) is 10.9 Å². The Labute approximate surface area is 205 Å². The summed E-state index contributed by atoms with van der Waals surface area (Å²) in [4.78, 5) is 16.2. The molecule has 3 aromatic heterocycles. The lowest BCUT2D eigenvalue weighted by atomic mass is 10.1. The van der Waals surface area contributed by atoms with Gasteiger partial charge in [-0.2, -0.15) is 13.2 Å². The maximum Gasteiger partial charge on any atom is 0.408 e. The summed E-state index contributed by atoms with van der Waals surface area (Å²) in [6, 6.07) is 4.84. The first-order valence-electron chi connectivity index (χ1n) is 11.0. The van der Waals surface area contributed by atoms with Crippen LogP contribution in [0.2, 0.25) is 0 Å². The Bertz CT molecular complexity index is 1490. The molecule has 1 aliphatic heterocycles. The number of halogens is 5. The van der Waals surface area contributed by atoms with Crippen LogP contribution in [-0.2, 0) is 0 Å². The average Bonchev–Trinajstić information content (AvgIpc) is 3.40. The van der Waals surface area contributed by atoms with Crippen LogP contribution in [0, 0.1) is 5.82 Å². The van der Waals surface area contributed by atoms with Crippen molar-refractivity contribution in [2.75, 3.05) is 20.2 Å². The van der Waals surface area contributed by atoms with Crippen LogP contribution >= 0.6 is 0 Å². The van der Waals surface area contributed by atoms with Crippen molar-refractivity contribution in [3.63, 3.8) is 0 Å². The molecular weight excluding hydrogens is 503 g/mol. The van der Waals surface area contributed by atoms with Gasteiger partial charge in [0.15, 0.2) is 23.0 Å². The molecule has 0 spiro atoms. The molecule has 9 nitrogen and oxygen atoms in total.